The summed E-state index contributed by atoms with van der Waals surface area (Å²) in [4.78, 5) is 20.3. The Kier molecular flexibility index (Phi) is 7.41. The molecule has 1 aliphatic rings. The van der Waals surface area contributed by atoms with Crippen LogP contribution in [-0.4, -0.2) is 50.4 Å². The van der Waals surface area contributed by atoms with Crippen molar-refractivity contribution in [1.82, 2.24) is 30.2 Å². The summed E-state index contributed by atoms with van der Waals surface area (Å²) in [7, 11) is 0. The predicted molar refractivity (Wildman–Crippen MR) is 153 cm³/mol. The Labute approximate surface area is 228 Å². The van der Waals surface area contributed by atoms with Crippen molar-refractivity contribution in [1.29, 1.82) is 0 Å². The Morgan fingerprint density at radius 2 is 1.72 bits per heavy atom. The molecule has 6 rings (SSSR count). The minimum absolute atomic E-state index is 0.0695. The van der Waals surface area contributed by atoms with Gasteiger partial charge in [-0.3, -0.25) is 9.78 Å². The van der Waals surface area contributed by atoms with E-state index in [1.807, 2.05) is 73.1 Å². The molecule has 0 radical (unpaired) electrons. The van der Waals surface area contributed by atoms with Crippen LogP contribution in [0, 0.1) is 0 Å². The van der Waals surface area contributed by atoms with Crippen molar-refractivity contribution >= 4 is 16.7 Å². The molecule has 39 heavy (non-hydrogen) atoms. The van der Waals surface area contributed by atoms with Crippen molar-refractivity contribution in [2.45, 2.75) is 31.8 Å². The van der Waals surface area contributed by atoms with Gasteiger partial charge in [0.1, 0.15) is 5.69 Å². The number of rotatable bonds is 8. The molecule has 3 heterocycles. The van der Waals surface area contributed by atoms with Crippen LogP contribution in [0.3, 0.4) is 0 Å². The first kappa shape index (κ1) is 24.9. The number of fused-ring (bicyclic) bond motifs is 1. The molecule has 7 nitrogen and oxygen atoms in total. The van der Waals surface area contributed by atoms with Crippen LogP contribution in [0.2, 0.25) is 0 Å². The minimum Gasteiger partial charge on any atom is -0.344 e. The number of carbonyl (C=O) groups excluding carboxylic acids is 1. The number of amides is 1. The third kappa shape index (κ3) is 5.89. The molecule has 196 valence electrons. The molecule has 1 atom stereocenters. The average molecular weight is 517 g/mol. The van der Waals surface area contributed by atoms with Crippen molar-refractivity contribution in [2.75, 3.05) is 19.6 Å². The van der Waals surface area contributed by atoms with Crippen LogP contribution in [0.1, 0.15) is 46.8 Å². The first-order valence-corrected chi connectivity index (χ1v) is 13.6. The summed E-state index contributed by atoms with van der Waals surface area (Å²) in [6.07, 6.45) is 9.30. The Bertz CT molecular complexity index is 1560. The van der Waals surface area contributed by atoms with E-state index < -0.39 is 0 Å². The summed E-state index contributed by atoms with van der Waals surface area (Å²) < 4.78 is 1.79. The fraction of sp³-hybridized carbons (Fsp3) is 0.250. The van der Waals surface area contributed by atoms with Gasteiger partial charge in [-0.05, 0) is 60.6 Å². The molecule has 1 saturated heterocycles. The van der Waals surface area contributed by atoms with Crippen molar-refractivity contribution in [3.05, 3.63) is 114 Å². The van der Waals surface area contributed by atoms with Gasteiger partial charge < -0.3 is 10.2 Å². The lowest BCUT2D eigenvalue weighted by Crippen LogP contribution is -2.40. The van der Waals surface area contributed by atoms with E-state index >= 15 is 0 Å². The van der Waals surface area contributed by atoms with Crippen LogP contribution >= 0.6 is 0 Å². The third-order valence-corrected chi connectivity index (χ3v) is 7.47. The predicted octanol–water partition coefficient (Wildman–Crippen LogP) is 5.50. The average Bonchev–Trinajstić information content (AvgIpc) is 3.46. The number of hydrogen-bond donors (Lipinski definition) is 1. The third-order valence-electron chi connectivity index (χ3n) is 7.47. The van der Waals surface area contributed by atoms with Gasteiger partial charge in [0, 0.05) is 35.5 Å². The molecule has 3 aromatic carbocycles. The fourth-order valence-electron chi connectivity index (χ4n) is 5.36. The van der Waals surface area contributed by atoms with E-state index in [1.54, 1.807) is 10.9 Å². The fourth-order valence-corrected chi connectivity index (χ4v) is 5.36. The van der Waals surface area contributed by atoms with Crippen LogP contribution in [0.15, 0.2) is 97.5 Å². The lowest BCUT2D eigenvalue weighted by atomic mass is 10.0. The van der Waals surface area contributed by atoms with Gasteiger partial charge in [-0.2, -0.15) is 0 Å². The standard InChI is InChI=1S/C32H32N6O/c39-32(34-30(24-9-3-1-4-10-24)22-37-17-7-2-8-18-37)29-12-6-5-11-28(29)21-38-23-31(35-36-38)26-13-14-27-20-33-16-15-25(27)19-26/h1,3-6,9-16,19-20,23,30H,2,7-8,17-18,21-22H2,(H,34,39). The maximum Gasteiger partial charge on any atom is 0.252 e. The van der Waals surface area contributed by atoms with Gasteiger partial charge in [0.2, 0.25) is 0 Å². The Hall–Kier alpha value is -4.36. The normalized spacial score (nSPS) is 14.8. The molecular formula is C32H32N6O. The van der Waals surface area contributed by atoms with E-state index in [4.69, 9.17) is 0 Å². The molecule has 0 aliphatic carbocycles. The summed E-state index contributed by atoms with van der Waals surface area (Å²) in [6.45, 7) is 3.43. The van der Waals surface area contributed by atoms with E-state index in [9.17, 15) is 4.79 Å². The molecule has 0 saturated carbocycles. The van der Waals surface area contributed by atoms with Gasteiger partial charge in [0.25, 0.3) is 5.91 Å². The van der Waals surface area contributed by atoms with Gasteiger partial charge in [-0.1, -0.05) is 72.3 Å². The smallest absolute Gasteiger partial charge is 0.252 e. The van der Waals surface area contributed by atoms with Gasteiger partial charge >= 0.3 is 0 Å². The van der Waals surface area contributed by atoms with Crippen LogP contribution < -0.4 is 5.32 Å². The van der Waals surface area contributed by atoms with E-state index in [1.165, 1.54) is 19.3 Å². The van der Waals surface area contributed by atoms with Crippen molar-refractivity contribution in [3.8, 4) is 11.3 Å². The highest BCUT2D eigenvalue weighted by Crippen LogP contribution is 2.23. The van der Waals surface area contributed by atoms with E-state index in [2.05, 4.69) is 43.7 Å². The molecular weight excluding hydrogens is 484 g/mol. The summed E-state index contributed by atoms with van der Waals surface area (Å²) in [6, 6.07) is 26.1. The maximum absolute atomic E-state index is 13.7. The largest absolute Gasteiger partial charge is 0.344 e. The monoisotopic (exact) mass is 516 g/mol. The van der Waals surface area contributed by atoms with Crippen LogP contribution in [0.5, 0.6) is 0 Å². The molecule has 5 aromatic rings. The Morgan fingerprint density at radius 3 is 2.59 bits per heavy atom. The highest BCUT2D eigenvalue weighted by Gasteiger charge is 2.22. The molecule has 7 heteroatoms. The molecule has 1 fully saturated rings. The van der Waals surface area contributed by atoms with Crippen molar-refractivity contribution < 1.29 is 4.79 Å². The van der Waals surface area contributed by atoms with Gasteiger partial charge in [-0.25, -0.2) is 4.68 Å². The lowest BCUT2D eigenvalue weighted by Gasteiger charge is -2.31. The summed E-state index contributed by atoms with van der Waals surface area (Å²) in [5, 5.41) is 14.3. The SMILES string of the molecule is O=C(NC(CN1CCCCC1)c1ccccc1)c1ccccc1Cn1cc(-c2ccc3cnccc3c2)nn1. The zero-order chi connectivity index (χ0) is 26.4. The van der Waals surface area contributed by atoms with Crippen molar-refractivity contribution in [2.24, 2.45) is 0 Å². The number of nitrogens with one attached hydrogen (secondary N) is 1. The lowest BCUT2D eigenvalue weighted by molar-refractivity contribution is 0.0919. The zero-order valence-corrected chi connectivity index (χ0v) is 21.9. The highest BCUT2D eigenvalue weighted by molar-refractivity contribution is 5.96. The number of likely N-dealkylation sites (tertiary alicyclic amines) is 1. The molecule has 1 unspecified atom stereocenters. The first-order valence-electron chi connectivity index (χ1n) is 13.6. The molecule has 0 spiro atoms. The summed E-state index contributed by atoms with van der Waals surface area (Å²) in [5.41, 5.74) is 4.48. The minimum atomic E-state index is -0.0778. The van der Waals surface area contributed by atoms with Crippen LogP contribution in [0.4, 0.5) is 0 Å². The van der Waals surface area contributed by atoms with E-state index in [-0.39, 0.29) is 11.9 Å². The Morgan fingerprint density at radius 1 is 0.897 bits per heavy atom. The summed E-state index contributed by atoms with van der Waals surface area (Å²) >= 11 is 0. The number of carbonyl (C=O) groups is 1. The van der Waals surface area contributed by atoms with Crippen molar-refractivity contribution in [3.63, 3.8) is 0 Å². The number of piperidine rings is 1. The number of benzene rings is 3. The first-order chi connectivity index (χ1) is 19.2. The second-order valence-electron chi connectivity index (χ2n) is 10.2. The maximum atomic E-state index is 13.7. The topological polar surface area (TPSA) is 75.9 Å². The Balaban J connectivity index is 1.20. The molecule has 1 N–H and O–H groups in total. The quantitative estimate of drug-likeness (QED) is 0.295. The number of hydrogen-bond acceptors (Lipinski definition) is 5. The molecule has 1 aliphatic heterocycles. The zero-order valence-electron chi connectivity index (χ0n) is 21.9. The second kappa shape index (κ2) is 11.6. The van der Waals surface area contributed by atoms with Crippen LogP contribution in [-0.2, 0) is 6.54 Å². The van der Waals surface area contributed by atoms with E-state index in [0.29, 0.717) is 12.1 Å². The van der Waals surface area contributed by atoms with Gasteiger partial charge in [0.15, 0.2) is 0 Å². The van der Waals surface area contributed by atoms with E-state index in [0.717, 1.165) is 52.8 Å². The molecule has 2 aromatic heterocycles. The summed E-state index contributed by atoms with van der Waals surface area (Å²) in [5.74, 6) is -0.0695. The second-order valence-corrected chi connectivity index (χ2v) is 10.2. The van der Waals surface area contributed by atoms with Gasteiger partial charge in [-0.15, -0.1) is 5.10 Å². The highest BCUT2D eigenvalue weighted by atomic mass is 16.1. The number of pyridine rings is 1. The molecule has 1 amide bonds. The van der Waals surface area contributed by atoms with Gasteiger partial charge in [0.05, 0.1) is 18.8 Å². The number of aromatic nitrogens is 4. The number of nitrogens with zero attached hydrogens (tertiary/aromatic N) is 5. The van der Waals surface area contributed by atoms with Crippen LogP contribution in [0.25, 0.3) is 22.0 Å². The molecule has 0 bridgehead atoms.